The number of anilines is 1. The Balaban J connectivity index is 1.88. The van der Waals surface area contributed by atoms with Crippen molar-refractivity contribution in [2.75, 3.05) is 32.2 Å². The molecule has 0 aromatic heterocycles. The summed E-state index contributed by atoms with van der Waals surface area (Å²) in [6.07, 6.45) is 4.68. The molecule has 0 heterocycles. The van der Waals surface area contributed by atoms with E-state index in [1.807, 2.05) is 30.3 Å². The quantitative estimate of drug-likeness (QED) is 0.289. The molecule has 0 bridgehead atoms. The maximum Gasteiger partial charge on any atom is 0.261 e. The summed E-state index contributed by atoms with van der Waals surface area (Å²) in [5, 5.41) is 5.90. The van der Waals surface area contributed by atoms with Crippen LogP contribution in [0.4, 0.5) is 5.69 Å². The Morgan fingerprint density at radius 3 is 2.48 bits per heavy atom. The lowest BCUT2D eigenvalue weighted by Gasteiger charge is -2.14. The smallest absolute Gasteiger partial charge is 0.261 e. The van der Waals surface area contributed by atoms with Crippen LogP contribution in [0.5, 0.6) is 11.5 Å². The third-order valence-corrected chi connectivity index (χ3v) is 5.03. The van der Waals surface area contributed by atoms with Crippen LogP contribution in [0.2, 0.25) is 0 Å². The topological polar surface area (TPSA) is 68.8 Å². The van der Waals surface area contributed by atoms with Crippen molar-refractivity contribution in [1.29, 1.82) is 0 Å². The number of halogens is 1. The number of benzene rings is 2. The molecule has 0 spiro atoms. The van der Waals surface area contributed by atoms with Gasteiger partial charge in [-0.3, -0.25) is 10.1 Å². The van der Waals surface area contributed by atoms with Crippen molar-refractivity contribution in [1.82, 2.24) is 5.32 Å². The lowest BCUT2D eigenvalue weighted by molar-refractivity contribution is 0.0969. The second-order valence-corrected chi connectivity index (χ2v) is 8.15. The van der Waals surface area contributed by atoms with E-state index in [2.05, 4.69) is 33.5 Å². The number of hydrogen-bond donors (Lipinski definition) is 2. The molecule has 2 rings (SSSR count). The largest absolute Gasteiger partial charge is 0.494 e. The maximum atomic E-state index is 12.7. The van der Waals surface area contributed by atoms with Gasteiger partial charge < -0.3 is 19.5 Å². The van der Waals surface area contributed by atoms with Crippen molar-refractivity contribution >= 4 is 44.9 Å². The highest BCUT2D eigenvalue weighted by atomic mass is 79.9. The predicted molar refractivity (Wildman–Crippen MR) is 131 cm³/mol. The molecule has 0 aliphatic carbocycles. The Hall–Kier alpha value is -2.16. The molecule has 2 N–H and O–H groups in total. The lowest BCUT2D eigenvalue weighted by atomic mass is 10.2. The van der Waals surface area contributed by atoms with E-state index in [0.29, 0.717) is 31.1 Å². The van der Waals surface area contributed by atoms with Crippen molar-refractivity contribution < 1.29 is 19.0 Å². The van der Waals surface area contributed by atoms with Gasteiger partial charge in [-0.25, -0.2) is 0 Å². The number of amides is 1. The molecule has 8 heteroatoms. The molecule has 2 aromatic rings. The number of carbonyl (C=O) groups excluding carboxylic acids is 1. The fourth-order valence-electron chi connectivity index (χ4n) is 2.73. The first-order valence-electron chi connectivity index (χ1n) is 10.3. The number of rotatable bonds is 12. The second-order valence-electron chi connectivity index (χ2n) is 6.82. The Kier molecular flexibility index (Phi) is 11.3. The number of nitrogens with one attached hydrogen (secondary N) is 2. The van der Waals surface area contributed by atoms with Gasteiger partial charge in [-0.1, -0.05) is 42.1 Å². The average Bonchev–Trinajstić information content (AvgIpc) is 2.75. The summed E-state index contributed by atoms with van der Waals surface area (Å²) < 4.78 is 17.1. The number of thiocarbonyl (C=S) groups is 1. The van der Waals surface area contributed by atoms with E-state index in [-0.39, 0.29) is 11.0 Å². The Labute approximate surface area is 197 Å². The third kappa shape index (κ3) is 9.25. The minimum absolute atomic E-state index is 0.195. The molecule has 0 saturated carbocycles. The number of hydrogen-bond acceptors (Lipinski definition) is 5. The molecule has 0 radical (unpaired) electrons. The van der Waals surface area contributed by atoms with E-state index in [1.165, 1.54) is 19.3 Å². The minimum atomic E-state index is -0.363. The van der Waals surface area contributed by atoms with Crippen LogP contribution < -0.4 is 20.1 Å². The normalized spacial score (nSPS) is 10.4. The first-order chi connectivity index (χ1) is 15.0. The van der Waals surface area contributed by atoms with Crippen LogP contribution in [-0.4, -0.2) is 38.0 Å². The first kappa shape index (κ1) is 25.1. The molecule has 168 valence electrons. The molecule has 2 aromatic carbocycles. The van der Waals surface area contributed by atoms with Gasteiger partial charge in [-0.15, -0.1) is 0 Å². The maximum absolute atomic E-state index is 12.7. The van der Waals surface area contributed by atoms with E-state index >= 15 is 0 Å². The van der Waals surface area contributed by atoms with Gasteiger partial charge in [0.2, 0.25) is 0 Å². The van der Waals surface area contributed by atoms with Crippen LogP contribution in [0.25, 0.3) is 0 Å². The van der Waals surface area contributed by atoms with Gasteiger partial charge in [0.05, 0.1) is 18.8 Å². The monoisotopic (exact) mass is 508 g/mol. The molecule has 0 atom stereocenters. The summed E-state index contributed by atoms with van der Waals surface area (Å²) in [4.78, 5) is 12.7. The van der Waals surface area contributed by atoms with E-state index in [9.17, 15) is 4.79 Å². The number of ether oxygens (including phenoxy) is 3. The Morgan fingerprint density at radius 2 is 1.77 bits per heavy atom. The molecule has 1 amide bonds. The van der Waals surface area contributed by atoms with E-state index in [0.717, 1.165) is 22.3 Å². The molecule has 0 saturated heterocycles. The standard InChI is InChI=1S/C23H29BrN2O4S/c1-3-4-5-6-13-29-19-10-8-18(9-11-19)25-23(31)26-22(27)20-16-17(24)7-12-21(20)30-15-14-28-2/h7-12,16H,3-6,13-15H2,1-2H3,(H2,25,26,27,31). The zero-order valence-corrected chi connectivity index (χ0v) is 20.3. The van der Waals surface area contributed by atoms with Crippen molar-refractivity contribution in [3.05, 3.63) is 52.5 Å². The summed E-state index contributed by atoms with van der Waals surface area (Å²) in [5.41, 5.74) is 1.14. The molecule has 0 unspecified atom stereocenters. The molecular weight excluding hydrogens is 480 g/mol. The van der Waals surface area contributed by atoms with Crippen LogP contribution in [0.3, 0.4) is 0 Å². The Morgan fingerprint density at radius 1 is 1.00 bits per heavy atom. The van der Waals surface area contributed by atoms with Crippen LogP contribution in [-0.2, 0) is 4.74 Å². The van der Waals surface area contributed by atoms with E-state index < -0.39 is 0 Å². The zero-order valence-electron chi connectivity index (χ0n) is 17.9. The van der Waals surface area contributed by atoms with Crippen molar-refractivity contribution in [2.45, 2.75) is 32.6 Å². The van der Waals surface area contributed by atoms with Crippen LogP contribution >= 0.6 is 28.1 Å². The SMILES string of the molecule is CCCCCCOc1ccc(NC(=S)NC(=O)c2cc(Br)ccc2OCCOC)cc1. The summed E-state index contributed by atoms with van der Waals surface area (Å²) in [6, 6.07) is 12.7. The van der Waals surface area contributed by atoms with E-state index in [1.54, 1.807) is 19.2 Å². The van der Waals surface area contributed by atoms with Crippen molar-refractivity contribution in [3.8, 4) is 11.5 Å². The van der Waals surface area contributed by atoms with Gasteiger partial charge in [0.25, 0.3) is 5.91 Å². The molecule has 31 heavy (non-hydrogen) atoms. The van der Waals surface area contributed by atoms with Gasteiger partial charge in [0.1, 0.15) is 18.1 Å². The summed E-state index contributed by atoms with van der Waals surface area (Å²) in [6.45, 7) is 3.67. The van der Waals surface area contributed by atoms with Gasteiger partial charge in [0, 0.05) is 17.3 Å². The highest BCUT2D eigenvalue weighted by molar-refractivity contribution is 9.10. The van der Waals surface area contributed by atoms with Gasteiger partial charge in [0.15, 0.2) is 5.11 Å². The summed E-state index contributed by atoms with van der Waals surface area (Å²) in [7, 11) is 1.59. The van der Waals surface area contributed by atoms with Gasteiger partial charge in [-0.05, 0) is 61.1 Å². The minimum Gasteiger partial charge on any atom is -0.494 e. The molecule has 0 aliphatic heterocycles. The number of carbonyl (C=O) groups is 1. The molecule has 0 aliphatic rings. The van der Waals surface area contributed by atoms with Crippen LogP contribution in [0.15, 0.2) is 46.9 Å². The van der Waals surface area contributed by atoms with Crippen molar-refractivity contribution in [2.24, 2.45) is 0 Å². The number of methoxy groups -OCH3 is 1. The summed E-state index contributed by atoms with van der Waals surface area (Å²) in [5.74, 6) is 0.906. The molecule has 6 nitrogen and oxygen atoms in total. The second kappa shape index (κ2) is 14.0. The van der Waals surface area contributed by atoms with E-state index in [4.69, 9.17) is 26.4 Å². The van der Waals surface area contributed by atoms with Gasteiger partial charge >= 0.3 is 0 Å². The Bertz CT molecular complexity index is 846. The van der Waals surface area contributed by atoms with Crippen molar-refractivity contribution in [3.63, 3.8) is 0 Å². The number of unbranched alkanes of at least 4 members (excludes halogenated alkanes) is 3. The fourth-order valence-corrected chi connectivity index (χ4v) is 3.30. The molecule has 0 fully saturated rings. The fraction of sp³-hybridized carbons (Fsp3) is 0.391. The summed E-state index contributed by atoms with van der Waals surface area (Å²) >= 11 is 8.67. The van der Waals surface area contributed by atoms with Crippen LogP contribution in [0.1, 0.15) is 43.0 Å². The highest BCUT2D eigenvalue weighted by Crippen LogP contribution is 2.23. The molecular formula is C23H29BrN2O4S. The van der Waals surface area contributed by atoms with Gasteiger partial charge in [-0.2, -0.15) is 0 Å². The zero-order chi connectivity index (χ0) is 22.5. The predicted octanol–water partition coefficient (Wildman–Crippen LogP) is 5.56. The average molecular weight is 509 g/mol. The third-order valence-electron chi connectivity index (χ3n) is 4.34. The first-order valence-corrected chi connectivity index (χ1v) is 11.5. The highest BCUT2D eigenvalue weighted by Gasteiger charge is 2.15. The lowest BCUT2D eigenvalue weighted by Crippen LogP contribution is -2.34. The van der Waals surface area contributed by atoms with Crippen LogP contribution in [0, 0.1) is 0 Å².